The molecule has 1 heterocycles. The predicted molar refractivity (Wildman–Crippen MR) is 93.5 cm³/mol. The molecule has 138 valence electrons. The smallest absolute Gasteiger partial charge is 0.410 e. The maximum absolute atomic E-state index is 12.3. The third kappa shape index (κ3) is 5.46. The Morgan fingerprint density at radius 2 is 1.88 bits per heavy atom. The molecule has 1 N–H and O–H groups in total. The number of nitrogens with zero attached hydrogens (tertiary/aromatic N) is 1. The van der Waals surface area contributed by atoms with Crippen molar-refractivity contribution in [2.75, 3.05) is 13.7 Å². The van der Waals surface area contributed by atoms with Crippen LogP contribution in [0.3, 0.4) is 0 Å². The largest absolute Gasteiger partial charge is 0.465 e. The number of β-amino-alcohol motifs (C(OH)–C–C–N with tert-alkyl or cyclic N) is 1. The number of methoxy groups -OCH3 is 1. The quantitative estimate of drug-likeness (QED) is 0.846. The number of aryl methyl sites for hydroxylation is 1. The fourth-order valence-corrected chi connectivity index (χ4v) is 2.97. The lowest BCUT2D eigenvalue weighted by Crippen LogP contribution is -2.40. The van der Waals surface area contributed by atoms with Crippen LogP contribution in [0.4, 0.5) is 4.79 Å². The van der Waals surface area contributed by atoms with E-state index in [0.29, 0.717) is 18.5 Å². The topological polar surface area (TPSA) is 76.1 Å². The van der Waals surface area contributed by atoms with Crippen LogP contribution in [0.2, 0.25) is 0 Å². The summed E-state index contributed by atoms with van der Waals surface area (Å²) in [6.45, 7) is 5.79. The third-order valence-electron chi connectivity index (χ3n) is 4.16. The van der Waals surface area contributed by atoms with Crippen molar-refractivity contribution in [2.24, 2.45) is 0 Å². The maximum atomic E-state index is 12.3. The number of benzene rings is 1. The number of hydrogen-bond donors (Lipinski definition) is 1. The Balaban J connectivity index is 1.96. The van der Waals surface area contributed by atoms with Gasteiger partial charge in [-0.25, -0.2) is 9.59 Å². The molecule has 25 heavy (non-hydrogen) atoms. The summed E-state index contributed by atoms with van der Waals surface area (Å²) < 4.78 is 10.1. The Kier molecular flexibility index (Phi) is 6.06. The highest BCUT2D eigenvalue weighted by atomic mass is 16.6. The average molecular weight is 349 g/mol. The molecule has 1 aromatic carbocycles. The van der Waals surface area contributed by atoms with Crippen molar-refractivity contribution in [3.05, 3.63) is 35.4 Å². The van der Waals surface area contributed by atoms with Crippen molar-refractivity contribution in [3.8, 4) is 0 Å². The lowest BCUT2D eigenvalue weighted by Gasteiger charge is -2.28. The molecule has 1 aliphatic heterocycles. The Bertz CT molecular complexity index is 605. The Labute approximate surface area is 148 Å². The predicted octanol–water partition coefficient (Wildman–Crippen LogP) is 2.78. The van der Waals surface area contributed by atoms with E-state index in [1.54, 1.807) is 17.0 Å². The lowest BCUT2D eigenvalue weighted by atomic mass is 10.0. The normalized spacial score (nSPS) is 20.4. The zero-order valence-electron chi connectivity index (χ0n) is 15.3. The maximum Gasteiger partial charge on any atom is 0.410 e. The van der Waals surface area contributed by atoms with Gasteiger partial charge in [-0.1, -0.05) is 12.1 Å². The molecule has 0 bridgehead atoms. The van der Waals surface area contributed by atoms with Crippen LogP contribution in [0.15, 0.2) is 24.3 Å². The van der Waals surface area contributed by atoms with Crippen LogP contribution in [0.1, 0.15) is 49.5 Å². The summed E-state index contributed by atoms with van der Waals surface area (Å²) in [5.41, 5.74) is 1.02. The minimum absolute atomic E-state index is 0.0508. The van der Waals surface area contributed by atoms with Gasteiger partial charge in [0.15, 0.2) is 0 Å². The standard InChI is InChI=1S/C19H27NO5/c1-19(2,3)25-18(23)20-12-16(21)11-15(20)10-7-13-5-8-14(9-6-13)17(22)24-4/h5-6,8-9,15-16,21H,7,10-12H2,1-4H3/t15-,16-/m1/s1. The molecule has 0 aromatic heterocycles. The van der Waals surface area contributed by atoms with E-state index in [1.807, 2.05) is 32.9 Å². The molecule has 2 atom stereocenters. The molecule has 1 fully saturated rings. The van der Waals surface area contributed by atoms with E-state index < -0.39 is 11.7 Å². The van der Waals surface area contributed by atoms with Gasteiger partial charge in [0.25, 0.3) is 0 Å². The summed E-state index contributed by atoms with van der Waals surface area (Å²) in [4.78, 5) is 25.4. The fraction of sp³-hybridized carbons (Fsp3) is 0.579. The Morgan fingerprint density at radius 1 is 1.24 bits per heavy atom. The van der Waals surface area contributed by atoms with Crippen LogP contribution in [-0.2, 0) is 15.9 Å². The van der Waals surface area contributed by atoms with Crippen LogP contribution in [0.25, 0.3) is 0 Å². The summed E-state index contributed by atoms with van der Waals surface area (Å²) in [6.07, 6.45) is 1.14. The number of amides is 1. The Morgan fingerprint density at radius 3 is 2.44 bits per heavy atom. The van der Waals surface area contributed by atoms with Gasteiger partial charge in [-0.2, -0.15) is 0 Å². The lowest BCUT2D eigenvalue weighted by molar-refractivity contribution is 0.0203. The molecule has 0 aliphatic carbocycles. The van der Waals surface area contributed by atoms with Gasteiger partial charge < -0.3 is 19.5 Å². The first-order valence-electron chi connectivity index (χ1n) is 8.54. The van der Waals surface area contributed by atoms with E-state index in [-0.39, 0.29) is 18.1 Å². The third-order valence-corrected chi connectivity index (χ3v) is 4.16. The van der Waals surface area contributed by atoms with Crippen LogP contribution < -0.4 is 0 Å². The summed E-state index contributed by atoms with van der Waals surface area (Å²) in [5.74, 6) is -0.360. The molecule has 6 nitrogen and oxygen atoms in total. The van der Waals surface area contributed by atoms with Gasteiger partial charge in [0.1, 0.15) is 5.60 Å². The van der Waals surface area contributed by atoms with Crippen molar-refractivity contribution < 1.29 is 24.2 Å². The second-order valence-corrected chi connectivity index (χ2v) is 7.40. The highest BCUT2D eigenvalue weighted by Crippen LogP contribution is 2.25. The molecule has 0 spiro atoms. The summed E-state index contributed by atoms with van der Waals surface area (Å²) in [6, 6.07) is 7.18. The molecule has 0 radical (unpaired) electrons. The number of carbonyl (C=O) groups excluding carboxylic acids is 2. The molecule has 2 rings (SSSR count). The molecular weight excluding hydrogens is 322 g/mol. The summed E-state index contributed by atoms with van der Waals surface area (Å²) in [7, 11) is 1.35. The highest BCUT2D eigenvalue weighted by molar-refractivity contribution is 5.89. The summed E-state index contributed by atoms with van der Waals surface area (Å²) >= 11 is 0. The van der Waals surface area contributed by atoms with Gasteiger partial charge in [-0.3, -0.25) is 0 Å². The van der Waals surface area contributed by atoms with E-state index in [0.717, 1.165) is 18.4 Å². The van der Waals surface area contributed by atoms with Crippen molar-refractivity contribution in [2.45, 2.75) is 57.8 Å². The monoisotopic (exact) mass is 349 g/mol. The Hall–Kier alpha value is -2.08. The first kappa shape index (κ1) is 19.2. The number of carbonyl (C=O) groups is 2. The van der Waals surface area contributed by atoms with Gasteiger partial charge in [0, 0.05) is 6.04 Å². The average Bonchev–Trinajstić information content (AvgIpc) is 2.92. The van der Waals surface area contributed by atoms with E-state index in [9.17, 15) is 14.7 Å². The van der Waals surface area contributed by atoms with Crippen LogP contribution in [0, 0.1) is 0 Å². The number of rotatable bonds is 4. The zero-order valence-corrected chi connectivity index (χ0v) is 15.3. The second kappa shape index (κ2) is 7.87. The van der Waals surface area contributed by atoms with E-state index >= 15 is 0 Å². The number of aliphatic hydroxyl groups excluding tert-OH is 1. The van der Waals surface area contributed by atoms with E-state index in [2.05, 4.69) is 4.74 Å². The van der Waals surface area contributed by atoms with Crippen LogP contribution >= 0.6 is 0 Å². The van der Waals surface area contributed by atoms with Gasteiger partial charge in [0.05, 0.1) is 25.3 Å². The molecule has 0 unspecified atom stereocenters. The molecule has 1 aromatic rings. The number of likely N-dealkylation sites (tertiary alicyclic amines) is 1. The van der Waals surface area contributed by atoms with E-state index in [4.69, 9.17) is 4.74 Å². The fourth-order valence-electron chi connectivity index (χ4n) is 2.97. The van der Waals surface area contributed by atoms with Gasteiger partial charge >= 0.3 is 12.1 Å². The molecule has 0 saturated carbocycles. The molecular formula is C19H27NO5. The highest BCUT2D eigenvalue weighted by Gasteiger charge is 2.36. The molecule has 1 aliphatic rings. The minimum atomic E-state index is -0.557. The van der Waals surface area contributed by atoms with Gasteiger partial charge in [-0.05, 0) is 57.7 Å². The molecule has 6 heteroatoms. The van der Waals surface area contributed by atoms with Crippen molar-refractivity contribution in [3.63, 3.8) is 0 Å². The van der Waals surface area contributed by atoms with Crippen LogP contribution in [0.5, 0.6) is 0 Å². The molecule has 1 amide bonds. The van der Waals surface area contributed by atoms with Crippen molar-refractivity contribution in [1.29, 1.82) is 0 Å². The van der Waals surface area contributed by atoms with Crippen molar-refractivity contribution in [1.82, 2.24) is 4.90 Å². The number of aliphatic hydroxyl groups is 1. The van der Waals surface area contributed by atoms with Gasteiger partial charge in [-0.15, -0.1) is 0 Å². The number of esters is 1. The van der Waals surface area contributed by atoms with E-state index in [1.165, 1.54) is 7.11 Å². The SMILES string of the molecule is COC(=O)c1ccc(CC[C@@H]2C[C@@H](O)CN2C(=O)OC(C)(C)C)cc1. The number of hydrogen-bond acceptors (Lipinski definition) is 5. The number of ether oxygens (including phenoxy) is 2. The van der Waals surface area contributed by atoms with Gasteiger partial charge in [0.2, 0.25) is 0 Å². The summed E-state index contributed by atoms with van der Waals surface area (Å²) in [5, 5.41) is 9.94. The minimum Gasteiger partial charge on any atom is -0.465 e. The first-order valence-corrected chi connectivity index (χ1v) is 8.54. The van der Waals surface area contributed by atoms with Crippen molar-refractivity contribution >= 4 is 12.1 Å². The zero-order chi connectivity index (χ0) is 18.6. The first-order chi connectivity index (χ1) is 11.7. The van der Waals surface area contributed by atoms with Crippen LogP contribution in [-0.4, -0.2) is 53.5 Å². The second-order valence-electron chi connectivity index (χ2n) is 7.40. The molecule has 1 saturated heterocycles.